The van der Waals surface area contributed by atoms with E-state index in [2.05, 4.69) is 197 Å². The molecule has 0 bridgehead atoms. The van der Waals surface area contributed by atoms with Crippen molar-refractivity contribution >= 4 is 129 Å². The summed E-state index contributed by atoms with van der Waals surface area (Å²) in [5, 5.41) is 10.7. The molecule has 0 N–H and O–H groups in total. The van der Waals surface area contributed by atoms with Crippen molar-refractivity contribution < 1.29 is 32.4 Å². The second kappa shape index (κ2) is 31.5. The Morgan fingerprint density at radius 1 is 0.312 bits per heavy atom. The van der Waals surface area contributed by atoms with Crippen LogP contribution < -0.4 is 0 Å². The van der Waals surface area contributed by atoms with Crippen LogP contribution in [0.15, 0.2) is 232 Å². The van der Waals surface area contributed by atoms with Gasteiger partial charge in [0.1, 0.15) is 33.5 Å². The second-order valence-corrected chi connectivity index (χ2v) is 37.9. The zero-order valence-corrected chi connectivity index (χ0v) is 71.2. The number of benzene rings is 12. The van der Waals surface area contributed by atoms with Gasteiger partial charge in [-0.15, -0.1) is 22.7 Å². The van der Waals surface area contributed by atoms with Gasteiger partial charge in [-0.2, -0.15) is 0 Å². The van der Waals surface area contributed by atoms with Crippen LogP contribution in [0.4, 0.5) is 0 Å². The second-order valence-electron chi connectivity index (χ2n) is 35.7. The van der Waals surface area contributed by atoms with E-state index in [1.807, 2.05) is 146 Å². The topological polar surface area (TPSA) is 39.4 Å². The lowest BCUT2D eigenvalue weighted by atomic mass is 9.80. The van der Waals surface area contributed by atoms with Crippen molar-refractivity contribution in [2.45, 2.75) is 230 Å². The van der Waals surface area contributed by atoms with Gasteiger partial charge in [-0.1, -0.05) is 316 Å². The Bertz CT molecular complexity index is 6610. The molecule has 576 valence electrons. The summed E-state index contributed by atoms with van der Waals surface area (Å²) in [6.45, 7) is 40.2. The number of fused-ring (bicyclic) bond motifs is 18. The van der Waals surface area contributed by atoms with Crippen LogP contribution in [-0.2, 0) is 64.4 Å². The summed E-state index contributed by atoms with van der Waals surface area (Å²) in [5.41, 5.74) is 18.6. The van der Waals surface area contributed by atoms with E-state index in [0.29, 0.717) is 33.4 Å². The molecule has 0 saturated carbocycles. The molecule has 0 spiro atoms. The van der Waals surface area contributed by atoms with Gasteiger partial charge in [0.05, 0.1) is 0 Å². The average molecular weight is 1530 g/mol. The van der Waals surface area contributed by atoms with Gasteiger partial charge in [-0.3, -0.25) is 0 Å². The molecule has 12 aromatic carbocycles. The normalized spacial score (nSPS) is 15.2. The SMILES string of the molecule is [2H]C([2H])(C)c1c(C(C)(C)C)ccc2c1oc1ccccc12.[2H]C([2H])(C)c1cc2oc3ccccc3c2cc1C(C)(C)C.[2H]C([2H])(C)c1ccc2c(oc3ccccc32)c1C(C)(C)C.[2H]C([2H])(C)c1ccc2sc3ccccc3c2c1C(C)(C)C.[2H]C([2H])([2H])c1c(C(C)(C)C)ccc2sc3ccccc3c12.[2H]C([2H])([2H])c1cc2c(cc1C(C)(C)C)Cc1ccccc1-2. The van der Waals surface area contributed by atoms with Crippen LogP contribution in [0, 0.1) is 13.7 Å². The van der Waals surface area contributed by atoms with E-state index in [1.165, 1.54) is 36.9 Å². The minimum Gasteiger partial charge on any atom is -0.456 e. The van der Waals surface area contributed by atoms with Gasteiger partial charge in [0.25, 0.3) is 0 Å². The fraction of sp³-hybridized carbons (Fsp3) is 0.327. The van der Waals surface area contributed by atoms with Crippen LogP contribution in [0.5, 0.6) is 0 Å². The molecule has 1 aliphatic rings. The van der Waals surface area contributed by atoms with Crippen LogP contribution in [0.3, 0.4) is 0 Å². The summed E-state index contributed by atoms with van der Waals surface area (Å²) < 4.78 is 136. The molecule has 5 heteroatoms. The zero-order valence-electron chi connectivity index (χ0n) is 83.5. The van der Waals surface area contributed by atoms with Gasteiger partial charge in [0, 0.05) is 97.4 Å². The highest BCUT2D eigenvalue weighted by molar-refractivity contribution is 7.26. The molecule has 0 fully saturated rings. The Morgan fingerprint density at radius 2 is 0.768 bits per heavy atom. The molecule has 5 heterocycles. The molecular formula is C107H118O3S2. The monoisotopic (exact) mass is 1530 g/mol. The van der Waals surface area contributed by atoms with Crippen molar-refractivity contribution in [3.8, 4) is 11.1 Å². The van der Waals surface area contributed by atoms with Crippen molar-refractivity contribution in [2.75, 3.05) is 0 Å². The maximum Gasteiger partial charge on any atom is 0.139 e. The van der Waals surface area contributed by atoms with Crippen molar-refractivity contribution in [1.29, 1.82) is 0 Å². The lowest BCUT2D eigenvalue weighted by molar-refractivity contribution is 0.566. The lowest BCUT2D eigenvalue weighted by Crippen LogP contribution is -2.14. The summed E-state index contributed by atoms with van der Waals surface area (Å²) in [5.74, 6) is 0. The Hall–Kier alpha value is -9.52. The average Bonchev–Trinajstić information content (AvgIpc) is 1.61. The molecular weight excluding hydrogens is 1400 g/mol. The van der Waals surface area contributed by atoms with Crippen LogP contribution in [-0.4, -0.2) is 0 Å². The molecule has 0 aliphatic heterocycles. The number of para-hydroxylation sites is 3. The van der Waals surface area contributed by atoms with Crippen molar-refractivity contribution in [3.05, 3.63) is 296 Å². The van der Waals surface area contributed by atoms with E-state index < -0.39 is 39.2 Å². The first-order valence-electron chi connectivity index (χ1n) is 46.2. The van der Waals surface area contributed by atoms with Crippen molar-refractivity contribution in [1.82, 2.24) is 0 Å². The Kier molecular flexibility index (Phi) is 18.0. The first kappa shape index (κ1) is 63.9. The van der Waals surface area contributed by atoms with E-state index >= 15 is 0 Å². The molecule has 0 atom stereocenters. The molecule has 1 aliphatic carbocycles. The quantitative estimate of drug-likeness (QED) is 0.176. The van der Waals surface area contributed by atoms with E-state index in [0.717, 1.165) is 131 Å². The van der Waals surface area contributed by atoms with Gasteiger partial charge in [-0.25, -0.2) is 0 Å². The largest absolute Gasteiger partial charge is 0.456 e. The molecule has 3 nitrogen and oxygen atoms in total. The Labute approximate surface area is 695 Å². The molecule has 18 rings (SSSR count). The summed E-state index contributed by atoms with van der Waals surface area (Å²) in [4.78, 5) is 0. The first-order valence-corrected chi connectivity index (χ1v) is 40.8. The van der Waals surface area contributed by atoms with Gasteiger partial charge in [-0.05, 0) is 216 Å². The minimum atomic E-state index is -2.11. The number of hydrogen-bond donors (Lipinski definition) is 0. The van der Waals surface area contributed by atoms with Gasteiger partial charge in [0.2, 0.25) is 0 Å². The molecule has 5 aromatic heterocycles. The summed E-state index contributed by atoms with van der Waals surface area (Å²) in [6, 6.07) is 72.6. The third-order valence-electron chi connectivity index (χ3n) is 21.4. The number of hydrogen-bond acceptors (Lipinski definition) is 5. The van der Waals surface area contributed by atoms with Crippen LogP contribution in [0.25, 0.3) is 117 Å². The summed E-state index contributed by atoms with van der Waals surface area (Å²) in [7, 11) is 0. The number of thiophene rings is 2. The van der Waals surface area contributed by atoms with Crippen molar-refractivity contribution in [3.63, 3.8) is 0 Å². The van der Waals surface area contributed by atoms with Crippen LogP contribution in [0.2, 0.25) is 0 Å². The highest BCUT2D eigenvalue weighted by Gasteiger charge is 2.29. The first-order chi connectivity index (χ1) is 58.1. The van der Waals surface area contributed by atoms with Gasteiger partial charge < -0.3 is 13.3 Å². The third kappa shape index (κ3) is 16.1. The predicted octanol–water partition coefficient (Wildman–Crippen LogP) is 32.8. The maximum atomic E-state index is 8.26. The van der Waals surface area contributed by atoms with Crippen molar-refractivity contribution in [2.24, 2.45) is 0 Å². The summed E-state index contributed by atoms with van der Waals surface area (Å²) in [6.07, 6.45) is -4.67. The van der Waals surface area contributed by atoms with Gasteiger partial charge >= 0.3 is 0 Å². The number of furan rings is 3. The maximum absolute atomic E-state index is 8.26. The molecule has 0 unspecified atom stereocenters. The summed E-state index contributed by atoms with van der Waals surface area (Å²) >= 11 is 3.45. The molecule has 17 aromatic rings. The number of aryl methyl sites for hydroxylation is 6. The molecule has 0 saturated heterocycles. The molecule has 0 amide bonds. The highest BCUT2D eigenvalue weighted by Crippen LogP contribution is 2.46. The Balaban J connectivity index is 0.000000130. The fourth-order valence-corrected chi connectivity index (χ4v) is 18.3. The third-order valence-corrected chi connectivity index (χ3v) is 23.7. The van der Waals surface area contributed by atoms with E-state index in [-0.39, 0.29) is 32.5 Å². The van der Waals surface area contributed by atoms with Crippen LogP contribution in [0.1, 0.15) is 249 Å². The van der Waals surface area contributed by atoms with E-state index in [4.69, 9.17) is 32.4 Å². The minimum absolute atomic E-state index is 0.0952. The highest BCUT2D eigenvalue weighted by atomic mass is 32.1. The van der Waals surface area contributed by atoms with E-state index in [1.54, 1.807) is 50.4 Å². The molecule has 112 heavy (non-hydrogen) atoms. The smallest absolute Gasteiger partial charge is 0.139 e. The van der Waals surface area contributed by atoms with Crippen LogP contribution >= 0.6 is 22.7 Å². The lowest BCUT2D eigenvalue weighted by Gasteiger charge is -2.24. The van der Waals surface area contributed by atoms with Gasteiger partial charge in [0.15, 0.2) is 0 Å². The predicted molar refractivity (Wildman–Crippen MR) is 494 cm³/mol. The Morgan fingerprint density at radius 3 is 1.31 bits per heavy atom. The molecule has 0 radical (unpaired) electrons. The van der Waals surface area contributed by atoms with E-state index in [9.17, 15) is 0 Å². The standard InChI is InChI=1S/3C18H20O.C18H20S.C18H20.C17H18S/c1-5-12-10-17-14(11-15(12)18(2,3)4)13-8-6-7-9-16(13)19-17;1-5-12-15(18(2,3)4)11-10-14-13-8-6-7-9-16(13)19-17(12)14;1-5-12-10-11-14-13-8-6-7-9-15(13)19-17(14)16(12)18(2,3)4;1-5-12-10-11-15-16(17(12)18(2,3)4)13-8-6-7-9-14(13)19-15;1-12-9-16-14(11-17(12)18(2,3)4)10-13-7-5-6-8-15(13)16;1-11-13(17(2,3)4)9-10-15-16(11)12-7-5-6-8-14(12)18-15/h4*6-11H,5H2,1-4H3;5-9,11H,10H2,1-4H3;5-10H,1-4H3/i4*5D2;2*1D3. The zero-order chi connectivity index (χ0) is 92.5. The fourth-order valence-electron chi connectivity index (χ4n) is 16.1. The number of rotatable bonds is 4.